The predicted octanol–water partition coefficient (Wildman–Crippen LogP) is 3.18. The van der Waals surface area contributed by atoms with E-state index in [1.807, 2.05) is 24.3 Å². The van der Waals surface area contributed by atoms with Crippen LogP contribution in [0.4, 0.5) is 0 Å². The molecule has 0 unspecified atom stereocenters. The molecule has 1 aliphatic heterocycles. The molecule has 3 aromatic rings. The van der Waals surface area contributed by atoms with E-state index in [1.165, 1.54) is 39.9 Å². The number of esters is 1. The van der Waals surface area contributed by atoms with Crippen molar-refractivity contribution in [2.24, 2.45) is 4.99 Å². The van der Waals surface area contributed by atoms with Crippen LogP contribution < -0.4 is 4.80 Å². The number of nitrogens with zero attached hydrogens (tertiary/aromatic N) is 3. The van der Waals surface area contributed by atoms with Gasteiger partial charge in [0.2, 0.25) is 10.0 Å². The minimum absolute atomic E-state index is 0.0585. The van der Waals surface area contributed by atoms with Gasteiger partial charge < -0.3 is 9.30 Å². The molecule has 1 aromatic heterocycles. The zero-order valence-electron chi connectivity index (χ0n) is 18.3. The molecule has 174 valence electrons. The second-order valence-electron chi connectivity index (χ2n) is 7.65. The average Bonchev–Trinajstić information content (AvgIpc) is 3.16. The molecule has 8 nitrogen and oxygen atoms in total. The normalized spacial score (nSPS) is 15.6. The van der Waals surface area contributed by atoms with E-state index >= 15 is 0 Å². The number of hydrogen-bond acceptors (Lipinski definition) is 6. The fourth-order valence-electron chi connectivity index (χ4n) is 3.77. The number of thiazole rings is 1. The Bertz CT molecular complexity index is 1330. The number of ether oxygens (including phenoxy) is 1. The van der Waals surface area contributed by atoms with Gasteiger partial charge in [0, 0.05) is 18.7 Å². The molecule has 0 spiro atoms. The largest absolute Gasteiger partial charge is 0.465 e. The number of fused-ring (bicyclic) bond motifs is 1. The third kappa shape index (κ3) is 5.07. The standard InChI is InChI=1S/C23H25N3O5S2/c1-2-31-21(27)16-26-19-8-4-5-9-20(19)32-23(26)24-22(28)17-10-12-18(13-11-17)33(29,30)25-14-6-3-7-15-25/h4-5,8-13H,2-3,6-7,14-16H2,1H3. The summed E-state index contributed by atoms with van der Waals surface area (Å²) < 4.78 is 34.8. The third-order valence-corrected chi connectivity index (χ3v) is 8.40. The predicted molar refractivity (Wildman–Crippen MR) is 125 cm³/mol. The van der Waals surface area contributed by atoms with Crippen molar-refractivity contribution >= 4 is 43.5 Å². The lowest BCUT2D eigenvalue weighted by Crippen LogP contribution is -2.35. The monoisotopic (exact) mass is 487 g/mol. The maximum atomic E-state index is 12.9. The SMILES string of the molecule is CCOC(=O)Cn1c(=NC(=O)c2ccc(S(=O)(=O)N3CCCCC3)cc2)sc2ccccc21. The highest BCUT2D eigenvalue weighted by atomic mass is 32.2. The van der Waals surface area contributed by atoms with Crippen LogP contribution in [0, 0.1) is 0 Å². The molecule has 10 heteroatoms. The third-order valence-electron chi connectivity index (χ3n) is 5.43. The molecule has 0 aliphatic carbocycles. The number of para-hydroxylation sites is 1. The summed E-state index contributed by atoms with van der Waals surface area (Å²) in [6.07, 6.45) is 2.75. The molecule has 0 bridgehead atoms. The number of carbonyl (C=O) groups is 2. The second kappa shape index (κ2) is 9.98. The summed E-state index contributed by atoms with van der Waals surface area (Å²) in [7, 11) is -3.57. The lowest BCUT2D eigenvalue weighted by Gasteiger charge is -2.25. The number of rotatable bonds is 6. The van der Waals surface area contributed by atoms with E-state index in [0.717, 1.165) is 29.5 Å². The van der Waals surface area contributed by atoms with Crippen molar-refractivity contribution in [2.45, 2.75) is 37.6 Å². The summed E-state index contributed by atoms with van der Waals surface area (Å²) in [5.74, 6) is -0.927. The smallest absolute Gasteiger partial charge is 0.326 e. The van der Waals surface area contributed by atoms with Crippen molar-refractivity contribution in [1.29, 1.82) is 0 Å². The van der Waals surface area contributed by atoms with Crippen LogP contribution in [0.25, 0.3) is 10.2 Å². The number of hydrogen-bond donors (Lipinski definition) is 0. The maximum absolute atomic E-state index is 12.9. The number of benzene rings is 2. The second-order valence-corrected chi connectivity index (χ2v) is 10.6. The van der Waals surface area contributed by atoms with Crippen molar-refractivity contribution in [3.63, 3.8) is 0 Å². The van der Waals surface area contributed by atoms with E-state index in [9.17, 15) is 18.0 Å². The number of aromatic nitrogens is 1. The molecule has 1 fully saturated rings. The Labute approximate surface area is 196 Å². The summed E-state index contributed by atoms with van der Waals surface area (Å²) >= 11 is 1.30. The first-order valence-electron chi connectivity index (χ1n) is 10.8. The van der Waals surface area contributed by atoms with Gasteiger partial charge in [0.25, 0.3) is 5.91 Å². The van der Waals surface area contributed by atoms with Crippen molar-refractivity contribution in [1.82, 2.24) is 8.87 Å². The van der Waals surface area contributed by atoms with Crippen LogP contribution in [-0.4, -0.2) is 48.9 Å². The topological polar surface area (TPSA) is 98.0 Å². The van der Waals surface area contributed by atoms with E-state index in [4.69, 9.17) is 4.74 Å². The quantitative estimate of drug-likeness (QED) is 0.498. The first-order chi connectivity index (χ1) is 15.9. The number of piperidine rings is 1. The Balaban J connectivity index is 1.63. The maximum Gasteiger partial charge on any atom is 0.326 e. The summed E-state index contributed by atoms with van der Waals surface area (Å²) in [4.78, 5) is 29.7. The zero-order chi connectivity index (χ0) is 23.4. The Morgan fingerprint density at radius 1 is 1.03 bits per heavy atom. The molecule has 2 aromatic carbocycles. The van der Waals surface area contributed by atoms with Gasteiger partial charge >= 0.3 is 5.97 Å². The van der Waals surface area contributed by atoms with Crippen molar-refractivity contribution < 1.29 is 22.7 Å². The number of sulfonamides is 1. The molecule has 2 heterocycles. The molecule has 0 saturated carbocycles. The molecule has 0 atom stereocenters. The van der Waals surface area contributed by atoms with Crippen LogP contribution in [0.3, 0.4) is 0 Å². The lowest BCUT2D eigenvalue weighted by molar-refractivity contribution is -0.143. The molecule has 33 heavy (non-hydrogen) atoms. The van der Waals surface area contributed by atoms with Gasteiger partial charge in [-0.05, 0) is 56.2 Å². The van der Waals surface area contributed by atoms with Crippen LogP contribution in [-0.2, 0) is 26.1 Å². The van der Waals surface area contributed by atoms with E-state index in [1.54, 1.807) is 11.5 Å². The van der Waals surface area contributed by atoms with E-state index in [2.05, 4.69) is 4.99 Å². The highest BCUT2D eigenvalue weighted by Crippen LogP contribution is 2.21. The molecule has 1 saturated heterocycles. The van der Waals surface area contributed by atoms with Crippen LogP contribution in [0.2, 0.25) is 0 Å². The van der Waals surface area contributed by atoms with Crippen LogP contribution in [0.15, 0.2) is 58.4 Å². The van der Waals surface area contributed by atoms with Gasteiger partial charge in [-0.2, -0.15) is 9.30 Å². The minimum Gasteiger partial charge on any atom is -0.465 e. The summed E-state index contributed by atoms with van der Waals surface area (Å²) in [5.41, 5.74) is 1.05. The van der Waals surface area contributed by atoms with Gasteiger partial charge in [-0.3, -0.25) is 9.59 Å². The van der Waals surface area contributed by atoms with Crippen LogP contribution in [0.5, 0.6) is 0 Å². The summed E-state index contributed by atoms with van der Waals surface area (Å²) in [6, 6.07) is 13.3. The van der Waals surface area contributed by atoms with Crippen LogP contribution in [0.1, 0.15) is 36.5 Å². The lowest BCUT2D eigenvalue weighted by atomic mass is 10.2. The Morgan fingerprint density at radius 3 is 2.42 bits per heavy atom. The van der Waals surface area contributed by atoms with E-state index in [0.29, 0.717) is 17.9 Å². The van der Waals surface area contributed by atoms with E-state index < -0.39 is 21.9 Å². The van der Waals surface area contributed by atoms with Gasteiger partial charge in [-0.1, -0.05) is 29.9 Å². The number of amides is 1. The molecule has 0 N–H and O–H groups in total. The molecule has 4 rings (SSSR count). The van der Waals surface area contributed by atoms with Gasteiger partial charge in [-0.15, -0.1) is 0 Å². The first kappa shape index (κ1) is 23.3. The minimum atomic E-state index is -3.57. The molecular formula is C23H25N3O5S2. The first-order valence-corrected chi connectivity index (χ1v) is 13.1. The van der Waals surface area contributed by atoms with Crippen molar-refractivity contribution in [3.05, 3.63) is 58.9 Å². The average molecular weight is 488 g/mol. The summed E-state index contributed by atoms with van der Waals surface area (Å²) in [5, 5.41) is 0. The highest BCUT2D eigenvalue weighted by molar-refractivity contribution is 7.89. The zero-order valence-corrected chi connectivity index (χ0v) is 19.9. The summed E-state index contributed by atoms with van der Waals surface area (Å²) in [6.45, 7) is 2.98. The highest BCUT2D eigenvalue weighted by Gasteiger charge is 2.26. The Morgan fingerprint density at radius 2 is 1.73 bits per heavy atom. The fourth-order valence-corrected chi connectivity index (χ4v) is 6.31. The van der Waals surface area contributed by atoms with E-state index in [-0.39, 0.29) is 23.6 Å². The van der Waals surface area contributed by atoms with Gasteiger partial charge in [-0.25, -0.2) is 8.42 Å². The number of carbonyl (C=O) groups excluding carboxylic acids is 2. The van der Waals surface area contributed by atoms with Gasteiger partial charge in [0.1, 0.15) is 6.54 Å². The van der Waals surface area contributed by atoms with Gasteiger partial charge in [0.15, 0.2) is 4.80 Å². The van der Waals surface area contributed by atoms with Crippen molar-refractivity contribution in [2.75, 3.05) is 19.7 Å². The Hall–Kier alpha value is -2.82. The molecule has 1 aliphatic rings. The Kier molecular flexibility index (Phi) is 7.06. The molecule has 0 radical (unpaired) electrons. The molecule has 1 amide bonds. The van der Waals surface area contributed by atoms with Crippen molar-refractivity contribution in [3.8, 4) is 0 Å². The molecular weight excluding hydrogens is 462 g/mol. The fraction of sp³-hybridized carbons (Fsp3) is 0.348. The van der Waals surface area contributed by atoms with Gasteiger partial charge in [0.05, 0.1) is 21.7 Å². The van der Waals surface area contributed by atoms with Crippen LogP contribution >= 0.6 is 11.3 Å².